The number of thiazole rings is 1. The number of nitrogens with zero attached hydrogens (tertiary/aromatic N) is 2. The molecular formula is C24H34N4O2S. The molecule has 0 bridgehead atoms. The molecule has 3 rings (SSSR count). The Kier molecular flexibility index (Phi) is 7.49. The van der Waals surface area contributed by atoms with Crippen LogP contribution in [0, 0.1) is 11.8 Å². The number of piperidine rings is 1. The summed E-state index contributed by atoms with van der Waals surface area (Å²) in [7, 11) is 0. The number of carbonyl (C=O) groups is 2. The summed E-state index contributed by atoms with van der Waals surface area (Å²) in [5.41, 5.74) is 2.72. The number of carbonyl (C=O) groups excluding carboxylic acids is 2. The number of hydrogen-bond donors (Lipinski definition) is 2. The number of likely N-dealkylation sites (tertiary alicyclic amines) is 1. The zero-order valence-electron chi connectivity index (χ0n) is 19.2. The fourth-order valence-corrected chi connectivity index (χ4v) is 4.85. The Hall–Kier alpha value is -2.25. The van der Waals surface area contributed by atoms with E-state index in [0.717, 1.165) is 30.9 Å². The molecule has 2 N–H and O–H groups in total. The first-order valence-corrected chi connectivity index (χ1v) is 11.8. The molecule has 2 aromatic rings. The number of amides is 2. The van der Waals surface area contributed by atoms with Crippen molar-refractivity contribution in [2.45, 2.75) is 53.0 Å². The van der Waals surface area contributed by atoms with Gasteiger partial charge in [-0.3, -0.25) is 14.5 Å². The van der Waals surface area contributed by atoms with Crippen LogP contribution in [0.5, 0.6) is 0 Å². The van der Waals surface area contributed by atoms with Crippen molar-refractivity contribution in [3.05, 3.63) is 46.5 Å². The van der Waals surface area contributed by atoms with E-state index in [0.29, 0.717) is 22.5 Å². The lowest BCUT2D eigenvalue weighted by molar-refractivity contribution is -0.115. The Bertz CT molecular complexity index is 891. The summed E-state index contributed by atoms with van der Waals surface area (Å²) >= 11 is 1.42. The Balaban J connectivity index is 1.46. The zero-order valence-corrected chi connectivity index (χ0v) is 20.0. The number of rotatable bonds is 6. The molecule has 2 amide bonds. The van der Waals surface area contributed by atoms with E-state index in [-0.39, 0.29) is 23.8 Å². The van der Waals surface area contributed by atoms with Gasteiger partial charge in [0, 0.05) is 30.6 Å². The monoisotopic (exact) mass is 442 g/mol. The zero-order chi connectivity index (χ0) is 22.6. The van der Waals surface area contributed by atoms with Crippen molar-refractivity contribution >= 4 is 28.3 Å². The maximum absolute atomic E-state index is 12.3. The molecule has 1 fully saturated rings. The third kappa shape index (κ3) is 6.87. The predicted octanol–water partition coefficient (Wildman–Crippen LogP) is 4.29. The average molecular weight is 443 g/mol. The second-order valence-corrected chi connectivity index (χ2v) is 10.7. The van der Waals surface area contributed by atoms with Crippen LogP contribution >= 0.6 is 11.3 Å². The van der Waals surface area contributed by atoms with E-state index in [1.54, 1.807) is 12.1 Å². The van der Waals surface area contributed by atoms with Gasteiger partial charge in [-0.05, 0) is 41.4 Å². The summed E-state index contributed by atoms with van der Waals surface area (Å²) in [4.78, 5) is 31.6. The summed E-state index contributed by atoms with van der Waals surface area (Å²) in [5.74, 6) is 0.870. The standard InChI is InChI=1S/C24H34N4O2S/c1-16-10-17(2)13-28(12-16)14-20-15-31-23(26-20)27-21(29)11-25-22(30)18-6-8-19(9-7-18)24(3,4)5/h6-9,15-17H,10-14H2,1-5H3,(H,25,30)(H,26,27,29)/t16-,17+. The number of hydrogen-bond acceptors (Lipinski definition) is 5. The fourth-order valence-electron chi connectivity index (χ4n) is 4.13. The Morgan fingerprint density at radius 1 is 1.13 bits per heavy atom. The maximum atomic E-state index is 12.3. The molecule has 6 nitrogen and oxygen atoms in total. The summed E-state index contributed by atoms with van der Waals surface area (Å²) in [6.45, 7) is 13.9. The van der Waals surface area contributed by atoms with Crippen molar-refractivity contribution in [1.82, 2.24) is 15.2 Å². The largest absolute Gasteiger partial charge is 0.343 e. The van der Waals surface area contributed by atoms with Crippen LogP contribution in [0.25, 0.3) is 0 Å². The van der Waals surface area contributed by atoms with E-state index in [9.17, 15) is 9.59 Å². The van der Waals surface area contributed by atoms with Gasteiger partial charge < -0.3 is 10.6 Å². The van der Waals surface area contributed by atoms with Crippen LogP contribution in [0.15, 0.2) is 29.6 Å². The van der Waals surface area contributed by atoms with Crippen molar-refractivity contribution in [3.8, 4) is 0 Å². The highest BCUT2D eigenvalue weighted by atomic mass is 32.1. The van der Waals surface area contributed by atoms with Crippen molar-refractivity contribution < 1.29 is 9.59 Å². The summed E-state index contributed by atoms with van der Waals surface area (Å²) in [6.07, 6.45) is 1.28. The summed E-state index contributed by atoms with van der Waals surface area (Å²) in [6, 6.07) is 7.50. The number of anilines is 1. The van der Waals surface area contributed by atoms with Gasteiger partial charge in [0.2, 0.25) is 5.91 Å². The topological polar surface area (TPSA) is 74.3 Å². The third-order valence-corrected chi connectivity index (χ3v) is 6.36. The molecule has 168 valence electrons. The van der Waals surface area contributed by atoms with Crippen molar-refractivity contribution in [3.63, 3.8) is 0 Å². The lowest BCUT2D eigenvalue weighted by Crippen LogP contribution is -2.38. The molecule has 31 heavy (non-hydrogen) atoms. The SMILES string of the molecule is C[C@@H]1C[C@H](C)CN(Cc2csc(NC(=O)CNC(=O)c3ccc(C(C)(C)C)cc3)n2)C1. The van der Waals surface area contributed by atoms with Crippen molar-refractivity contribution in [1.29, 1.82) is 0 Å². The van der Waals surface area contributed by atoms with E-state index in [4.69, 9.17) is 0 Å². The molecule has 1 aromatic carbocycles. The highest BCUT2D eigenvalue weighted by molar-refractivity contribution is 7.13. The fraction of sp³-hybridized carbons (Fsp3) is 0.542. The maximum Gasteiger partial charge on any atom is 0.251 e. The minimum absolute atomic E-state index is 0.0337. The molecule has 1 aliphatic heterocycles. The molecule has 0 radical (unpaired) electrons. The van der Waals surface area contributed by atoms with E-state index >= 15 is 0 Å². The second-order valence-electron chi connectivity index (χ2n) is 9.84. The molecule has 0 spiro atoms. The van der Waals surface area contributed by atoms with Gasteiger partial charge in [-0.2, -0.15) is 0 Å². The molecule has 1 saturated heterocycles. The first kappa shape index (κ1) is 23.4. The molecular weight excluding hydrogens is 408 g/mol. The normalized spacial score (nSPS) is 19.8. The van der Waals surface area contributed by atoms with Crippen LogP contribution in [-0.2, 0) is 16.8 Å². The Morgan fingerprint density at radius 3 is 2.39 bits per heavy atom. The first-order valence-electron chi connectivity index (χ1n) is 11.0. The lowest BCUT2D eigenvalue weighted by atomic mass is 9.87. The van der Waals surface area contributed by atoms with Gasteiger partial charge in [0.1, 0.15) is 0 Å². The van der Waals surface area contributed by atoms with Gasteiger partial charge in [-0.25, -0.2) is 4.98 Å². The molecule has 0 aliphatic carbocycles. The third-order valence-electron chi connectivity index (χ3n) is 5.55. The quantitative estimate of drug-likeness (QED) is 0.700. The molecule has 7 heteroatoms. The van der Waals surface area contributed by atoms with Crippen LogP contribution in [0.2, 0.25) is 0 Å². The summed E-state index contributed by atoms with van der Waals surface area (Å²) < 4.78 is 0. The molecule has 2 atom stereocenters. The summed E-state index contributed by atoms with van der Waals surface area (Å²) in [5, 5.41) is 8.03. The molecule has 1 aromatic heterocycles. The van der Waals surface area contributed by atoms with E-state index in [1.807, 2.05) is 17.5 Å². The predicted molar refractivity (Wildman–Crippen MR) is 126 cm³/mol. The molecule has 0 saturated carbocycles. The highest BCUT2D eigenvalue weighted by Gasteiger charge is 2.22. The molecule has 1 aliphatic rings. The smallest absolute Gasteiger partial charge is 0.251 e. The Labute approximate surface area is 189 Å². The number of aromatic nitrogens is 1. The number of benzene rings is 1. The van der Waals surface area contributed by atoms with Crippen LogP contribution in [0.4, 0.5) is 5.13 Å². The van der Waals surface area contributed by atoms with Gasteiger partial charge >= 0.3 is 0 Å². The van der Waals surface area contributed by atoms with Crippen LogP contribution in [0.1, 0.15) is 62.7 Å². The Morgan fingerprint density at radius 2 is 1.77 bits per heavy atom. The van der Waals surface area contributed by atoms with Gasteiger partial charge in [0.15, 0.2) is 5.13 Å². The second kappa shape index (κ2) is 9.92. The van der Waals surface area contributed by atoms with E-state index in [2.05, 4.69) is 55.1 Å². The minimum atomic E-state index is -0.277. The van der Waals surface area contributed by atoms with Crippen LogP contribution in [-0.4, -0.2) is 41.3 Å². The van der Waals surface area contributed by atoms with E-state index in [1.165, 1.54) is 17.8 Å². The lowest BCUT2D eigenvalue weighted by Gasteiger charge is -2.34. The highest BCUT2D eigenvalue weighted by Crippen LogP contribution is 2.24. The van der Waals surface area contributed by atoms with E-state index < -0.39 is 0 Å². The van der Waals surface area contributed by atoms with Crippen molar-refractivity contribution in [2.24, 2.45) is 11.8 Å². The van der Waals surface area contributed by atoms with Gasteiger partial charge in [-0.15, -0.1) is 11.3 Å². The first-order chi connectivity index (χ1) is 14.6. The van der Waals surface area contributed by atoms with Gasteiger partial charge in [0.05, 0.1) is 12.2 Å². The number of nitrogens with one attached hydrogen (secondary N) is 2. The molecule has 0 unspecified atom stereocenters. The van der Waals surface area contributed by atoms with Gasteiger partial charge in [0.25, 0.3) is 5.91 Å². The van der Waals surface area contributed by atoms with Crippen LogP contribution < -0.4 is 10.6 Å². The average Bonchev–Trinajstić information content (AvgIpc) is 3.11. The van der Waals surface area contributed by atoms with Gasteiger partial charge in [-0.1, -0.05) is 46.8 Å². The van der Waals surface area contributed by atoms with Crippen LogP contribution in [0.3, 0.4) is 0 Å². The van der Waals surface area contributed by atoms with Crippen molar-refractivity contribution in [2.75, 3.05) is 25.0 Å². The molecule has 2 heterocycles. The minimum Gasteiger partial charge on any atom is -0.343 e.